The van der Waals surface area contributed by atoms with Crippen LogP contribution in [0.25, 0.3) is 11.1 Å². The molecule has 0 aliphatic rings. The molecule has 3 aromatic rings. The predicted octanol–water partition coefficient (Wildman–Crippen LogP) is 7.51. The molecule has 1 unspecified atom stereocenters. The molecule has 6 nitrogen and oxygen atoms in total. The summed E-state index contributed by atoms with van der Waals surface area (Å²) in [6.45, 7) is 11.9. The van der Waals surface area contributed by atoms with Crippen molar-refractivity contribution < 1.29 is 23.1 Å². The van der Waals surface area contributed by atoms with E-state index in [0.717, 1.165) is 29.4 Å². The van der Waals surface area contributed by atoms with Gasteiger partial charge in [-0.1, -0.05) is 64.2 Å². The lowest BCUT2D eigenvalue weighted by Crippen LogP contribution is -2.44. The van der Waals surface area contributed by atoms with Crippen LogP contribution in [0.1, 0.15) is 44.5 Å². The standard InChI is InChI=1S/C32H41ClF2N3O3Si/c1-32(2,3)30(38(29(39)20-33)15-9-14-36-31(40)41-16-17-42(4)5)28-18-24(26-19-25(34)12-13-27(26)35)22-37(28)21-23-10-7-6-8-11-23/h6-8,10-13,18-19,22,30H,9,14-17,20-21H2,1-5H3,(H,36,40). The maximum absolute atomic E-state index is 14.9. The molecule has 0 aliphatic heterocycles. The normalized spacial score (nSPS) is 12.3. The van der Waals surface area contributed by atoms with Gasteiger partial charge in [0.05, 0.1) is 12.6 Å². The third kappa shape index (κ3) is 9.42. The number of alkyl carbamates (subject to hydrolysis) is 1. The van der Waals surface area contributed by atoms with E-state index in [1.807, 2.05) is 61.7 Å². The minimum Gasteiger partial charge on any atom is -0.450 e. The Morgan fingerprint density at radius 1 is 1.10 bits per heavy atom. The molecule has 0 aliphatic carbocycles. The molecule has 2 amide bonds. The van der Waals surface area contributed by atoms with Crippen LogP contribution in [0.2, 0.25) is 19.1 Å². The van der Waals surface area contributed by atoms with Crippen molar-refractivity contribution in [3.05, 3.63) is 83.7 Å². The summed E-state index contributed by atoms with van der Waals surface area (Å²) < 4.78 is 36.3. The molecule has 1 atom stereocenters. The van der Waals surface area contributed by atoms with Gasteiger partial charge in [-0.3, -0.25) is 4.79 Å². The first-order chi connectivity index (χ1) is 19.9. The Labute approximate surface area is 254 Å². The first-order valence-electron chi connectivity index (χ1n) is 14.1. The quantitative estimate of drug-likeness (QED) is 0.123. The molecule has 1 N–H and O–H groups in total. The van der Waals surface area contributed by atoms with Gasteiger partial charge in [0.15, 0.2) is 0 Å². The number of benzene rings is 2. The molecular weight excluding hydrogens is 576 g/mol. The van der Waals surface area contributed by atoms with Crippen molar-refractivity contribution in [2.75, 3.05) is 25.6 Å². The van der Waals surface area contributed by atoms with Gasteiger partial charge in [-0.2, -0.15) is 0 Å². The monoisotopic (exact) mass is 616 g/mol. The highest BCUT2D eigenvalue weighted by Crippen LogP contribution is 2.41. The minimum atomic E-state index is -0.535. The van der Waals surface area contributed by atoms with Crippen LogP contribution in [0.5, 0.6) is 0 Å². The highest BCUT2D eigenvalue weighted by molar-refractivity contribution is 6.55. The molecule has 1 heterocycles. The van der Waals surface area contributed by atoms with Crippen LogP contribution in [-0.2, 0) is 16.1 Å². The molecule has 1 radical (unpaired) electrons. The fourth-order valence-corrected chi connectivity index (χ4v) is 5.59. The largest absolute Gasteiger partial charge is 0.450 e. The average molecular weight is 617 g/mol. The molecular formula is C32H41ClF2N3O3Si. The molecule has 0 spiro atoms. The number of hydrogen-bond donors (Lipinski definition) is 1. The number of aromatic nitrogens is 1. The zero-order valence-corrected chi connectivity index (χ0v) is 26.8. The lowest BCUT2D eigenvalue weighted by atomic mass is 9.83. The first-order valence-corrected chi connectivity index (χ1v) is 17.4. The minimum absolute atomic E-state index is 0.146. The van der Waals surface area contributed by atoms with E-state index in [0.29, 0.717) is 38.2 Å². The second-order valence-corrected chi connectivity index (χ2v) is 14.9. The van der Waals surface area contributed by atoms with Crippen molar-refractivity contribution in [1.29, 1.82) is 0 Å². The van der Waals surface area contributed by atoms with E-state index >= 15 is 0 Å². The topological polar surface area (TPSA) is 63.6 Å². The fraction of sp³-hybridized carbons (Fsp3) is 0.438. The molecule has 0 fully saturated rings. The Hall–Kier alpha value is -3.17. The van der Waals surface area contributed by atoms with Crippen LogP contribution in [0, 0.1) is 17.0 Å². The van der Waals surface area contributed by atoms with E-state index < -0.39 is 38.0 Å². The number of carbonyl (C=O) groups is 2. The Morgan fingerprint density at radius 3 is 2.45 bits per heavy atom. The summed E-state index contributed by atoms with van der Waals surface area (Å²) in [5, 5.41) is 2.76. The molecule has 0 saturated carbocycles. The average Bonchev–Trinajstić information content (AvgIpc) is 3.33. The van der Waals surface area contributed by atoms with E-state index in [9.17, 15) is 18.4 Å². The third-order valence-corrected chi connectivity index (χ3v) is 8.33. The van der Waals surface area contributed by atoms with E-state index in [4.69, 9.17) is 16.3 Å². The van der Waals surface area contributed by atoms with Crippen molar-refractivity contribution in [3.63, 3.8) is 0 Å². The van der Waals surface area contributed by atoms with Crippen molar-refractivity contribution >= 4 is 32.4 Å². The Kier molecular flexibility index (Phi) is 12.2. The summed E-state index contributed by atoms with van der Waals surface area (Å²) in [5.74, 6) is -1.54. The van der Waals surface area contributed by atoms with E-state index in [2.05, 4.69) is 18.4 Å². The number of hydrogen-bond acceptors (Lipinski definition) is 3. The molecule has 10 heteroatoms. The molecule has 2 aromatic carbocycles. The number of ether oxygens (including phenoxy) is 1. The van der Waals surface area contributed by atoms with Gasteiger partial charge in [0.2, 0.25) is 5.91 Å². The number of alkyl halides is 1. The van der Waals surface area contributed by atoms with Gasteiger partial charge in [-0.25, -0.2) is 13.6 Å². The molecule has 0 bridgehead atoms. The Balaban J connectivity index is 1.95. The van der Waals surface area contributed by atoms with Crippen LogP contribution in [0.15, 0.2) is 60.8 Å². The van der Waals surface area contributed by atoms with E-state index in [1.54, 1.807) is 11.1 Å². The number of nitrogens with one attached hydrogen (secondary N) is 1. The van der Waals surface area contributed by atoms with E-state index in [1.165, 1.54) is 6.07 Å². The second kappa shape index (κ2) is 15.3. The van der Waals surface area contributed by atoms with Gasteiger partial charge in [-0.15, -0.1) is 11.6 Å². The SMILES string of the molecule is C[Si](C)CCOC(=O)NCCCN(C(=O)CCl)C(c1cc(-c2cc(F)ccc2F)cn1Cc1ccccc1)C(C)(C)C. The summed E-state index contributed by atoms with van der Waals surface area (Å²) in [6.07, 6.45) is 1.81. The second-order valence-electron chi connectivity index (χ2n) is 11.8. The molecule has 42 heavy (non-hydrogen) atoms. The Bertz CT molecular complexity index is 1330. The van der Waals surface area contributed by atoms with Crippen molar-refractivity contribution in [3.8, 4) is 11.1 Å². The van der Waals surface area contributed by atoms with Gasteiger partial charge in [-0.05, 0) is 47.7 Å². The predicted molar refractivity (Wildman–Crippen MR) is 166 cm³/mol. The molecule has 227 valence electrons. The maximum Gasteiger partial charge on any atom is 0.407 e. The maximum atomic E-state index is 14.9. The Morgan fingerprint density at radius 2 is 1.81 bits per heavy atom. The molecule has 1 aromatic heterocycles. The van der Waals surface area contributed by atoms with Gasteiger partial charge in [0.25, 0.3) is 0 Å². The number of nitrogens with zero attached hydrogens (tertiary/aromatic N) is 2. The summed E-state index contributed by atoms with van der Waals surface area (Å²) >= 11 is 6.11. The van der Waals surface area contributed by atoms with Crippen molar-refractivity contribution in [1.82, 2.24) is 14.8 Å². The van der Waals surface area contributed by atoms with Crippen molar-refractivity contribution in [2.24, 2.45) is 5.41 Å². The van der Waals surface area contributed by atoms with E-state index in [-0.39, 0.29) is 17.4 Å². The zero-order chi connectivity index (χ0) is 30.9. The lowest BCUT2D eigenvalue weighted by Gasteiger charge is -2.41. The molecule has 3 rings (SSSR count). The number of halogens is 3. The van der Waals surface area contributed by atoms with Crippen LogP contribution < -0.4 is 5.32 Å². The zero-order valence-electron chi connectivity index (χ0n) is 25.1. The van der Waals surface area contributed by atoms with Gasteiger partial charge < -0.3 is 19.5 Å². The summed E-state index contributed by atoms with van der Waals surface area (Å²) in [6, 6.07) is 15.5. The third-order valence-electron chi connectivity index (χ3n) is 6.89. The van der Waals surface area contributed by atoms with Crippen LogP contribution in [-0.4, -0.2) is 55.8 Å². The van der Waals surface area contributed by atoms with Gasteiger partial charge in [0, 0.05) is 51.4 Å². The summed E-state index contributed by atoms with van der Waals surface area (Å²) in [7, 11) is -0.474. The lowest BCUT2D eigenvalue weighted by molar-refractivity contribution is -0.133. The van der Waals surface area contributed by atoms with Gasteiger partial charge >= 0.3 is 6.09 Å². The first kappa shape index (κ1) is 33.3. The smallest absolute Gasteiger partial charge is 0.407 e. The summed E-state index contributed by atoms with van der Waals surface area (Å²) in [4.78, 5) is 27.1. The number of amides is 2. The molecule has 0 saturated heterocycles. The highest BCUT2D eigenvalue weighted by atomic mass is 35.5. The highest BCUT2D eigenvalue weighted by Gasteiger charge is 2.37. The number of rotatable bonds is 13. The van der Waals surface area contributed by atoms with Crippen LogP contribution >= 0.6 is 11.6 Å². The number of carbonyl (C=O) groups excluding carboxylic acids is 2. The van der Waals surface area contributed by atoms with Crippen molar-refractivity contribution in [2.45, 2.75) is 58.9 Å². The van der Waals surface area contributed by atoms with Crippen LogP contribution in [0.4, 0.5) is 13.6 Å². The summed E-state index contributed by atoms with van der Waals surface area (Å²) in [5.41, 5.74) is 1.99. The van der Waals surface area contributed by atoms with Crippen LogP contribution in [0.3, 0.4) is 0 Å². The van der Waals surface area contributed by atoms with Gasteiger partial charge in [0.1, 0.15) is 17.5 Å². The fourth-order valence-electron chi connectivity index (χ4n) is 4.93.